The van der Waals surface area contributed by atoms with Crippen LogP contribution in [0.15, 0.2) is 24.3 Å². The van der Waals surface area contributed by atoms with Crippen molar-refractivity contribution in [1.29, 1.82) is 0 Å². The van der Waals surface area contributed by atoms with Crippen LogP contribution >= 0.6 is 11.5 Å². The van der Waals surface area contributed by atoms with Crippen LogP contribution in [-0.4, -0.2) is 9.36 Å². The van der Waals surface area contributed by atoms with Crippen LogP contribution in [0.3, 0.4) is 0 Å². The molecule has 2 rings (SSSR count). The Morgan fingerprint density at radius 2 is 2.00 bits per heavy atom. The molecule has 0 spiro atoms. The Morgan fingerprint density at radius 3 is 2.61 bits per heavy atom. The fraction of sp³-hybridized carbons (Fsp3) is 0.200. The van der Waals surface area contributed by atoms with Crippen LogP contribution in [0.5, 0.6) is 10.9 Å². The Bertz CT molecular complexity index is 541. The summed E-state index contributed by atoms with van der Waals surface area (Å²) >= 11 is 0.546. The fourth-order valence-electron chi connectivity index (χ4n) is 1.23. The Hall–Kier alpha value is -1.67. The molecule has 1 heterocycles. The quantitative estimate of drug-likeness (QED) is 0.935. The molecule has 8 heteroatoms. The first-order valence-electron chi connectivity index (χ1n) is 4.87. The summed E-state index contributed by atoms with van der Waals surface area (Å²) in [4.78, 5) is 3.27. The third-order valence-electron chi connectivity index (χ3n) is 2.05. The maximum Gasteiger partial charge on any atom is 0.452 e. The van der Waals surface area contributed by atoms with Crippen LogP contribution in [0.2, 0.25) is 0 Å². The molecule has 0 atom stereocenters. The molecule has 0 aliphatic rings. The minimum absolute atomic E-state index is 0.164. The van der Waals surface area contributed by atoms with E-state index in [9.17, 15) is 13.2 Å². The Labute approximate surface area is 104 Å². The highest BCUT2D eigenvalue weighted by atomic mass is 32.1. The molecule has 2 N–H and O–H groups in total. The number of nitrogens with two attached hydrogens (primary N) is 1. The summed E-state index contributed by atoms with van der Waals surface area (Å²) in [7, 11) is 0. The molecule has 0 aliphatic heterocycles. The van der Waals surface area contributed by atoms with E-state index < -0.39 is 12.0 Å². The standard InChI is InChI=1S/C10H8F3N3OS/c11-10(12,13)8-15-9(18-16-8)17-7-4-2-1-3-6(7)5-14/h1-4H,5,14H2. The first-order chi connectivity index (χ1) is 8.50. The van der Waals surface area contributed by atoms with E-state index in [4.69, 9.17) is 10.5 Å². The molecule has 0 radical (unpaired) electrons. The average molecular weight is 275 g/mol. The minimum atomic E-state index is -4.56. The monoisotopic (exact) mass is 275 g/mol. The van der Waals surface area contributed by atoms with Gasteiger partial charge in [-0.25, -0.2) is 0 Å². The van der Waals surface area contributed by atoms with Crippen LogP contribution < -0.4 is 10.5 Å². The number of alkyl halides is 3. The second kappa shape index (κ2) is 4.91. The Morgan fingerprint density at radius 1 is 1.28 bits per heavy atom. The number of hydrogen-bond donors (Lipinski definition) is 1. The largest absolute Gasteiger partial charge is 0.452 e. The first-order valence-corrected chi connectivity index (χ1v) is 5.65. The van der Waals surface area contributed by atoms with Crippen molar-refractivity contribution in [3.63, 3.8) is 0 Å². The molecular weight excluding hydrogens is 267 g/mol. The predicted octanol–water partition coefficient (Wildman–Crippen LogP) is 2.81. The lowest BCUT2D eigenvalue weighted by molar-refractivity contribution is -0.144. The van der Waals surface area contributed by atoms with Gasteiger partial charge in [-0.05, 0) is 6.07 Å². The number of para-hydroxylation sites is 1. The van der Waals surface area contributed by atoms with E-state index in [2.05, 4.69) is 9.36 Å². The number of benzene rings is 1. The van der Waals surface area contributed by atoms with Crippen molar-refractivity contribution < 1.29 is 17.9 Å². The molecule has 1 aromatic carbocycles. The second-order valence-electron chi connectivity index (χ2n) is 3.30. The summed E-state index contributed by atoms with van der Waals surface area (Å²) in [5, 5.41) is -0.164. The Balaban J connectivity index is 2.22. The minimum Gasteiger partial charge on any atom is -0.430 e. The van der Waals surface area contributed by atoms with Gasteiger partial charge < -0.3 is 10.5 Å². The van der Waals surface area contributed by atoms with Gasteiger partial charge >= 0.3 is 6.18 Å². The lowest BCUT2D eigenvalue weighted by Gasteiger charge is -2.06. The highest BCUT2D eigenvalue weighted by Gasteiger charge is 2.36. The van der Waals surface area contributed by atoms with Gasteiger partial charge in [0.05, 0.1) is 0 Å². The van der Waals surface area contributed by atoms with E-state index in [-0.39, 0.29) is 11.7 Å². The van der Waals surface area contributed by atoms with Crippen molar-refractivity contribution in [2.45, 2.75) is 12.7 Å². The van der Waals surface area contributed by atoms with Crippen molar-refractivity contribution in [2.75, 3.05) is 0 Å². The Kier molecular flexibility index (Phi) is 3.48. The molecule has 0 amide bonds. The zero-order chi connectivity index (χ0) is 13.2. The molecule has 2 aromatic rings. The SMILES string of the molecule is NCc1ccccc1Oc1nc(C(F)(F)F)ns1. The summed E-state index contributed by atoms with van der Waals surface area (Å²) < 4.78 is 45.3. The van der Waals surface area contributed by atoms with E-state index >= 15 is 0 Å². The highest BCUT2D eigenvalue weighted by Crippen LogP contribution is 2.32. The normalized spacial score (nSPS) is 11.6. The van der Waals surface area contributed by atoms with Gasteiger partial charge in [0.2, 0.25) is 0 Å². The number of rotatable bonds is 3. The molecule has 1 aromatic heterocycles. The molecule has 0 bridgehead atoms. The van der Waals surface area contributed by atoms with Crippen LogP contribution in [0, 0.1) is 0 Å². The lowest BCUT2D eigenvalue weighted by Crippen LogP contribution is -2.07. The molecule has 18 heavy (non-hydrogen) atoms. The van der Waals surface area contributed by atoms with Gasteiger partial charge in [-0.2, -0.15) is 22.5 Å². The number of halogens is 3. The van der Waals surface area contributed by atoms with Crippen LogP contribution in [-0.2, 0) is 12.7 Å². The third kappa shape index (κ3) is 2.77. The van der Waals surface area contributed by atoms with E-state index in [1.807, 2.05) is 0 Å². The highest BCUT2D eigenvalue weighted by molar-refractivity contribution is 7.07. The number of aromatic nitrogens is 2. The molecular formula is C10H8F3N3OS. The molecule has 4 nitrogen and oxygen atoms in total. The van der Waals surface area contributed by atoms with Gasteiger partial charge in [0.25, 0.3) is 11.0 Å². The molecule has 96 valence electrons. The van der Waals surface area contributed by atoms with Gasteiger partial charge in [-0.1, -0.05) is 18.2 Å². The zero-order valence-electron chi connectivity index (χ0n) is 8.94. The van der Waals surface area contributed by atoms with Gasteiger partial charge in [-0.15, -0.1) is 0 Å². The summed E-state index contributed by atoms with van der Waals surface area (Å²) in [6, 6.07) is 6.79. The number of ether oxygens (including phenoxy) is 1. The third-order valence-corrected chi connectivity index (χ3v) is 2.65. The molecule has 0 unspecified atom stereocenters. The van der Waals surface area contributed by atoms with Gasteiger partial charge in [-0.3, -0.25) is 0 Å². The smallest absolute Gasteiger partial charge is 0.430 e. The van der Waals surface area contributed by atoms with E-state index in [0.29, 0.717) is 22.8 Å². The second-order valence-corrected chi connectivity index (χ2v) is 4.01. The van der Waals surface area contributed by atoms with Gasteiger partial charge in [0.15, 0.2) is 0 Å². The maximum atomic E-state index is 12.3. The fourth-order valence-corrected chi connectivity index (χ4v) is 1.80. The summed E-state index contributed by atoms with van der Waals surface area (Å²) in [6.45, 7) is 0.223. The molecule has 0 aliphatic carbocycles. The van der Waals surface area contributed by atoms with Crippen molar-refractivity contribution in [3.05, 3.63) is 35.7 Å². The predicted molar refractivity (Wildman–Crippen MR) is 59.3 cm³/mol. The van der Waals surface area contributed by atoms with Crippen LogP contribution in [0.1, 0.15) is 11.4 Å². The van der Waals surface area contributed by atoms with Crippen molar-refractivity contribution in [1.82, 2.24) is 9.36 Å². The average Bonchev–Trinajstić information content (AvgIpc) is 2.78. The van der Waals surface area contributed by atoms with E-state index in [1.54, 1.807) is 24.3 Å². The van der Waals surface area contributed by atoms with Crippen LogP contribution in [0.25, 0.3) is 0 Å². The maximum absolute atomic E-state index is 12.3. The van der Waals surface area contributed by atoms with Gasteiger partial charge in [0, 0.05) is 23.6 Å². The lowest BCUT2D eigenvalue weighted by atomic mass is 10.2. The van der Waals surface area contributed by atoms with Crippen molar-refractivity contribution >= 4 is 11.5 Å². The van der Waals surface area contributed by atoms with Crippen molar-refractivity contribution in [3.8, 4) is 10.9 Å². The van der Waals surface area contributed by atoms with E-state index in [1.165, 1.54) is 0 Å². The molecule has 0 saturated heterocycles. The first kappa shape index (κ1) is 12.8. The summed E-state index contributed by atoms with van der Waals surface area (Å²) in [6.07, 6.45) is -4.56. The summed E-state index contributed by atoms with van der Waals surface area (Å²) in [5.74, 6) is -0.822. The topological polar surface area (TPSA) is 61.0 Å². The molecule has 0 fully saturated rings. The zero-order valence-corrected chi connectivity index (χ0v) is 9.76. The summed E-state index contributed by atoms with van der Waals surface area (Å²) in [5.41, 5.74) is 6.17. The number of nitrogens with zero attached hydrogens (tertiary/aromatic N) is 2. The van der Waals surface area contributed by atoms with E-state index in [0.717, 1.165) is 0 Å². The van der Waals surface area contributed by atoms with Gasteiger partial charge in [0.1, 0.15) is 5.75 Å². The van der Waals surface area contributed by atoms with Crippen LogP contribution in [0.4, 0.5) is 13.2 Å². The van der Waals surface area contributed by atoms with Crippen molar-refractivity contribution in [2.24, 2.45) is 5.73 Å². The number of hydrogen-bond acceptors (Lipinski definition) is 5. The molecule has 0 saturated carbocycles.